The van der Waals surface area contributed by atoms with Gasteiger partial charge in [0.15, 0.2) is 0 Å². The highest BCUT2D eigenvalue weighted by Gasteiger charge is 2.32. The van der Waals surface area contributed by atoms with Crippen molar-refractivity contribution < 1.29 is 4.79 Å². The number of amides is 1. The first kappa shape index (κ1) is 23.7. The largest absolute Gasteiger partial charge is 0.353 e. The molecule has 5 rings (SSSR count). The van der Waals surface area contributed by atoms with Crippen molar-refractivity contribution >= 4 is 56.9 Å². The summed E-state index contributed by atoms with van der Waals surface area (Å²) in [5.41, 5.74) is 3.66. The van der Waals surface area contributed by atoms with Crippen LogP contribution < -0.4 is 10.2 Å². The molecule has 1 saturated carbocycles. The van der Waals surface area contributed by atoms with Gasteiger partial charge in [0.25, 0.3) is 0 Å². The lowest BCUT2D eigenvalue weighted by Gasteiger charge is -2.38. The van der Waals surface area contributed by atoms with Crippen molar-refractivity contribution in [1.82, 2.24) is 20.2 Å². The fourth-order valence-electron chi connectivity index (χ4n) is 5.06. The lowest BCUT2D eigenvalue weighted by Crippen LogP contribution is -2.51. The van der Waals surface area contributed by atoms with Crippen LogP contribution in [0.5, 0.6) is 0 Å². The highest BCUT2D eigenvalue weighted by molar-refractivity contribution is 14.1. The van der Waals surface area contributed by atoms with Gasteiger partial charge in [-0.1, -0.05) is 13.0 Å². The standard InChI is InChI=1S/C25H31I2N5O/c1-16-2-7-22-23(16)24(30-15-29-22)31-8-10-32(11-9-31)25(33)19(14-28-13-17-3-4-17)18-5-6-20(26)21(27)12-18/h5-6,12,15-17,19,28H,2-4,7-11,13-14H2,1H3/t16-,19-/m1/s1. The summed E-state index contributed by atoms with van der Waals surface area (Å²) in [5, 5.41) is 3.59. The van der Waals surface area contributed by atoms with Gasteiger partial charge in [0.05, 0.1) is 5.92 Å². The van der Waals surface area contributed by atoms with E-state index in [1.165, 1.54) is 31.2 Å². The minimum Gasteiger partial charge on any atom is -0.353 e. The van der Waals surface area contributed by atoms with Crippen molar-refractivity contribution in [2.75, 3.05) is 44.2 Å². The molecule has 2 fully saturated rings. The van der Waals surface area contributed by atoms with Gasteiger partial charge in [0.2, 0.25) is 5.91 Å². The first-order valence-electron chi connectivity index (χ1n) is 12.0. The van der Waals surface area contributed by atoms with Gasteiger partial charge < -0.3 is 15.1 Å². The van der Waals surface area contributed by atoms with Crippen LogP contribution in [0.2, 0.25) is 0 Å². The number of nitrogens with one attached hydrogen (secondary N) is 1. The Morgan fingerprint density at radius 2 is 1.91 bits per heavy atom. The molecular weight excluding hydrogens is 640 g/mol. The van der Waals surface area contributed by atoms with Gasteiger partial charge in [-0.25, -0.2) is 9.97 Å². The summed E-state index contributed by atoms with van der Waals surface area (Å²) in [6.07, 6.45) is 6.56. The van der Waals surface area contributed by atoms with Crippen LogP contribution in [0, 0.1) is 13.1 Å². The average molecular weight is 671 g/mol. The number of piperazine rings is 1. The van der Waals surface area contributed by atoms with Crippen molar-refractivity contribution in [2.45, 2.75) is 44.4 Å². The van der Waals surface area contributed by atoms with E-state index >= 15 is 0 Å². The zero-order valence-electron chi connectivity index (χ0n) is 19.1. The van der Waals surface area contributed by atoms with Gasteiger partial charge in [-0.15, -0.1) is 0 Å². The lowest BCUT2D eigenvalue weighted by atomic mass is 9.97. The van der Waals surface area contributed by atoms with Crippen LogP contribution in [0.4, 0.5) is 5.82 Å². The smallest absolute Gasteiger partial charge is 0.231 e. The van der Waals surface area contributed by atoms with Crippen LogP contribution in [0.3, 0.4) is 0 Å². The zero-order valence-corrected chi connectivity index (χ0v) is 23.4. The van der Waals surface area contributed by atoms with E-state index < -0.39 is 0 Å². The summed E-state index contributed by atoms with van der Waals surface area (Å²) in [6, 6.07) is 6.45. The van der Waals surface area contributed by atoms with E-state index in [4.69, 9.17) is 0 Å². The van der Waals surface area contributed by atoms with Gasteiger partial charge >= 0.3 is 0 Å². The van der Waals surface area contributed by atoms with Crippen LogP contribution in [0.15, 0.2) is 24.5 Å². The van der Waals surface area contributed by atoms with Crippen LogP contribution >= 0.6 is 45.2 Å². The summed E-state index contributed by atoms with van der Waals surface area (Å²) in [4.78, 5) is 27.3. The number of anilines is 1. The molecule has 1 amide bonds. The fraction of sp³-hybridized carbons (Fsp3) is 0.560. The maximum atomic E-state index is 13.7. The number of carbonyl (C=O) groups excluding carboxylic acids is 1. The Hall–Kier alpha value is -1.01. The average Bonchev–Trinajstić information content (AvgIpc) is 3.58. The molecule has 1 aliphatic heterocycles. The summed E-state index contributed by atoms with van der Waals surface area (Å²) >= 11 is 4.73. The molecule has 0 radical (unpaired) electrons. The van der Waals surface area contributed by atoms with E-state index in [0.717, 1.165) is 62.9 Å². The molecule has 2 aromatic rings. The van der Waals surface area contributed by atoms with E-state index in [9.17, 15) is 4.79 Å². The number of benzene rings is 1. The molecule has 1 aromatic heterocycles. The fourth-order valence-corrected chi connectivity index (χ4v) is 5.94. The first-order chi connectivity index (χ1) is 16.0. The molecule has 176 valence electrons. The zero-order chi connectivity index (χ0) is 22.9. The minimum atomic E-state index is -0.135. The van der Waals surface area contributed by atoms with Crippen molar-refractivity contribution in [3.05, 3.63) is 48.5 Å². The molecule has 33 heavy (non-hydrogen) atoms. The Kier molecular flexibility index (Phi) is 7.41. The predicted molar refractivity (Wildman–Crippen MR) is 148 cm³/mol. The Morgan fingerprint density at radius 3 is 2.64 bits per heavy atom. The molecule has 8 heteroatoms. The minimum absolute atomic E-state index is 0.135. The SMILES string of the molecule is C[C@@H]1CCc2ncnc(N3CCN(C(=O)[C@H](CNCC4CC4)c4ccc(I)c(I)c4)CC3)c21. The highest BCUT2D eigenvalue weighted by Crippen LogP contribution is 2.37. The number of fused-ring (bicyclic) bond motifs is 1. The number of hydrogen-bond donors (Lipinski definition) is 1. The summed E-state index contributed by atoms with van der Waals surface area (Å²) < 4.78 is 2.44. The van der Waals surface area contributed by atoms with E-state index in [1.807, 2.05) is 0 Å². The molecule has 2 heterocycles. The van der Waals surface area contributed by atoms with Gasteiger partial charge in [0, 0.05) is 51.1 Å². The van der Waals surface area contributed by atoms with Crippen LogP contribution in [-0.2, 0) is 11.2 Å². The van der Waals surface area contributed by atoms with E-state index in [0.29, 0.717) is 12.5 Å². The third kappa shape index (κ3) is 5.32. The Balaban J connectivity index is 1.28. The van der Waals surface area contributed by atoms with E-state index in [-0.39, 0.29) is 11.8 Å². The molecule has 2 aliphatic carbocycles. The van der Waals surface area contributed by atoms with Gasteiger partial charge in [-0.05, 0) is 107 Å². The molecular formula is C25H31I2N5O. The number of hydrogen-bond acceptors (Lipinski definition) is 5. The second kappa shape index (κ2) is 10.3. The topological polar surface area (TPSA) is 61.4 Å². The highest BCUT2D eigenvalue weighted by atomic mass is 127. The molecule has 0 unspecified atom stereocenters. The quantitative estimate of drug-likeness (QED) is 0.449. The third-order valence-corrected chi connectivity index (χ3v) is 10.1. The van der Waals surface area contributed by atoms with Crippen LogP contribution in [0.1, 0.15) is 54.8 Å². The molecule has 0 bridgehead atoms. The Morgan fingerprint density at radius 1 is 1.12 bits per heavy atom. The van der Waals surface area contributed by atoms with Gasteiger partial charge in [-0.2, -0.15) is 0 Å². The summed E-state index contributed by atoms with van der Waals surface area (Å²) in [5.74, 6) is 2.52. The molecule has 0 spiro atoms. The number of nitrogens with zero attached hydrogens (tertiary/aromatic N) is 4. The van der Waals surface area contributed by atoms with Crippen LogP contribution in [-0.4, -0.2) is 60.0 Å². The first-order valence-corrected chi connectivity index (χ1v) is 14.2. The van der Waals surface area contributed by atoms with Gasteiger partial charge in [-0.3, -0.25) is 4.79 Å². The van der Waals surface area contributed by atoms with Crippen molar-refractivity contribution in [3.63, 3.8) is 0 Å². The number of aromatic nitrogens is 2. The molecule has 6 nitrogen and oxygen atoms in total. The molecule has 1 saturated heterocycles. The summed E-state index contributed by atoms with van der Waals surface area (Å²) in [6.45, 7) is 7.15. The Bertz CT molecular complexity index is 1020. The Labute approximate surface area is 223 Å². The van der Waals surface area contributed by atoms with E-state index in [2.05, 4.69) is 95.4 Å². The monoisotopic (exact) mass is 671 g/mol. The normalized spacial score (nSPS) is 21.2. The maximum absolute atomic E-state index is 13.7. The molecule has 1 aromatic carbocycles. The van der Waals surface area contributed by atoms with Gasteiger partial charge in [0.1, 0.15) is 12.1 Å². The van der Waals surface area contributed by atoms with E-state index in [1.54, 1.807) is 6.33 Å². The molecule has 2 atom stereocenters. The molecule has 3 aliphatic rings. The maximum Gasteiger partial charge on any atom is 0.231 e. The third-order valence-electron chi connectivity index (χ3n) is 7.27. The number of halogens is 2. The lowest BCUT2D eigenvalue weighted by molar-refractivity contribution is -0.133. The van der Waals surface area contributed by atoms with Crippen molar-refractivity contribution in [2.24, 2.45) is 5.92 Å². The molecule has 1 N–H and O–H groups in total. The number of rotatable bonds is 7. The summed E-state index contributed by atoms with van der Waals surface area (Å²) in [7, 11) is 0. The number of aryl methyl sites for hydroxylation is 1. The van der Waals surface area contributed by atoms with Crippen molar-refractivity contribution in [3.8, 4) is 0 Å². The van der Waals surface area contributed by atoms with Crippen LogP contribution in [0.25, 0.3) is 0 Å². The predicted octanol–water partition coefficient (Wildman–Crippen LogP) is 4.17. The van der Waals surface area contributed by atoms with Crippen molar-refractivity contribution in [1.29, 1.82) is 0 Å². The number of carbonyl (C=O) groups is 1. The second-order valence-electron chi connectivity index (χ2n) is 9.64. The second-order valence-corrected chi connectivity index (χ2v) is 12.0.